The predicted molar refractivity (Wildman–Crippen MR) is 36.2 cm³/mol. The van der Waals surface area contributed by atoms with Gasteiger partial charge in [-0.25, -0.2) is 14.9 Å². The zero-order chi connectivity index (χ0) is 9.10. The molecular weight excluding hydrogens is 178 g/mol. The van der Waals surface area contributed by atoms with Gasteiger partial charge in [0.25, 0.3) is 0 Å². The number of fused-ring (bicyclic) bond motifs is 1. The van der Waals surface area contributed by atoms with Crippen LogP contribution in [0.25, 0.3) is 0 Å². The molecule has 3 heterocycles. The molecule has 0 aromatic carbocycles. The standard InChI is InChI=1S/C7H7NO5/c9-4-5(10)13-7(12-4)6(1-8-7)2-11-3-6/h8H,1-3H2. The predicted octanol–water partition coefficient (Wildman–Crippen LogP) is -1.64. The van der Waals surface area contributed by atoms with E-state index in [-0.39, 0.29) is 5.41 Å². The van der Waals surface area contributed by atoms with Crippen LogP contribution in [-0.2, 0) is 23.8 Å². The van der Waals surface area contributed by atoms with Gasteiger partial charge in [0.15, 0.2) is 0 Å². The normalized spacial score (nSPS) is 32.3. The van der Waals surface area contributed by atoms with Crippen molar-refractivity contribution in [2.24, 2.45) is 5.41 Å². The minimum atomic E-state index is -1.22. The Kier molecular flexibility index (Phi) is 1.04. The molecule has 0 atom stereocenters. The van der Waals surface area contributed by atoms with Gasteiger partial charge >= 0.3 is 17.8 Å². The van der Waals surface area contributed by atoms with Gasteiger partial charge in [0.2, 0.25) is 0 Å². The second-order valence-electron chi connectivity index (χ2n) is 3.52. The van der Waals surface area contributed by atoms with Gasteiger partial charge in [-0.1, -0.05) is 0 Å². The first-order valence-corrected chi connectivity index (χ1v) is 3.97. The highest BCUT2D eigenvalue weighted by molar-refractivity contribution is 6.31. The van der Waals surface area contributed by atoms with Crippen molar-refractivity contribution in [3.63, 3.8) is 0 Å². The van der Waals surface area contributed by atoms with E-state index < -0.39 is 17.8 Å². The van der Waals surface area contributed by atoms with Crippen LogP contribution in [0.4, 0.5) is 0 Å². The fourth-order valence-electron chi connectivity index (χ4n) is 1.78. The monoisotopic (exact) mass is 185 g/mol. The molecule has 0 unspecified atom stereocenters. The first-order valence-electron chi connectivity index (χ1n) is 3.97. The molecule has 0 aromatic rings. The van der Waals surface area contributed by atoms with E-state index in [9.17, 15) is 9.59 Å². The van der Waals surface area contributed by atoms with E-state index in [1.165, 1.54) is 0 Å². The lowest BCUT2D eigenvalue weighted by atomic mass is 9.75. The summed E-state index contributed by atoms with van der Waals surface area (Å²) in [4.78, 5) is 21.7. The van der Waals surface area contributed by atoms with E-state index in [0.29, 0.717) is 19.8 Å². The Hall–Kier alpha value is -1.14. The van der Waals surface area contributed by atoms with E-state index in [0.717, 1.165) is 0 Å². The average Bonchev–Trinajstić information content (AvgIpc) is 2.26. The van der Waals surface area contributed by atoms with E-state index >= 15 is 0 Å². The van der Waals surface area contributed by atoms with Crippen molar-refractivity contribution >= 4 is 11.9 Å². The second-order valence-corrected chi connectivity index (χ2v) is 3.52. The van der Waals surface area contributed by atoms with Crippen LogP contribution in [0.15, 0.2) is 0 Å². The van der Waals surface area contributed by atoms with Gasteiger partial charge in [-0.2, -0.15) is 0 Å². The molecule has 70 valence electrons. The van der Waals surface area contributed by atoms with Gasteiger partial charge in [0, 0.05) is 6.54 Å². The van der Waals surface area contributed by atoms with Gasteiger partial charge in [0.1, 0.15) is 5.41 Å². The van der Waals surface area contributed by atoms with Crippen LogP contribution in [0.1, 0.15) is 0 Å². The Morgan fingerprint density at radius 2 is 1.77 bits per heavy atom. The Morgan fingerprint density at radius 3 is 2.08 bits per heavy atom. The molecule has 3 aliphatic rings. The Balaban J connectivity index is 1.91. The summed E-state index contributed by atoms with van der Waals surface area (Å²) in [6.45, 7) is 1.56. The average molecular weight is 185 g/mol. The first kappa shape index (κ1) is 7.28. The summed E-state index contributed by atoms with van der Waals surface area (Å²) in [6.07, 6.45) is 0. The summed E-state index contributed by atoms with van der Waals surface area (Å²) < 4.78 is 14.7. The van der Waals surface area contributed by atoms with Crippen molar-refractivity contribution in [2.75, 3.05) is 19.8 Å². The third-order valence-corrected chi connectivity index (χ3v) is 2.75. The highest BCUT2D eigenvalue weighted by Gasteiger charge is 2.73. The van der Waals surface area contributed by atoms with Crippen molar-refractivity contribution in [3.8, 4) is 0 Å². The van der Waals surface area contributed by atoms with Crippen LogP contribution in [0.2, 0.25) is 0 Å². The summed E-state index contributed by atoms with van der Waals surface area (Å²) in [5.74, 6) is -3.09. The van der Waals surface area contributed by atoms with Crippen LogP contribution >= 0.6 is 0 Å². The number of nitrogens with one attached hydrogen (secondary N) is 1. The number of esters is 2. The number of rotatable bonds is 0. The molecule has 3 fully saturated rings. The Bertz CT molecular complexity index is 286. The Morgan fingerprint density at radius 1 is 1.15 bits per heavy atom. The molecule has 6 heteroatoms. The summed E-state index contributed by atoms with van der Waals surface area (Å²) >= 11 is 0. The summed E-state index contributed by atoms with van der Waals surface area (Å²) in [7, 11) is 0. The quantitative estimate of drug-likeness (QED) is 0.360. The van der Waals surface area contributed by atoms with E-state index in [4.69, 9.17) is 14.2 Å². The molecule has 0 aliphatic carbocycles. The number of hydrogen-bond acceptors (Lipinski definition) is 6. The number of carbonyl (C=O) groups excluding carboxylic acids is 2. The molecule has 3 aliphatic heterocycles. The maximum atomic E-state index is 10.8. The topological polar surface area (TPSA) is 73.9 Å². The van der Waals surface area contributed by atoms with E-state index in [1.54, 1.807) is 0 Å². The fourth-order valence-corrected chi connectivity index (χ4v) is 1.78. The van der Waals surface area contributed by atoms with Crippen LogP contribution in [0, 0.1) is 5.41 Å². The molecule has 3 saturated heterocycles. The zero-order valence-electron chi connectivity index (χ0n) is 6.66. The SMILES string of the molecule is O=C1OC2(NCC23COC3)OC1=O. The molecule has 2 spiro atoms. The van der Waals surface area contributed by atoms with Gasteiger partial charge in [-0.3, -0.25) is 0 Å². The molecule has 0 saturated carbocycles. The molecule has 0 bridgehead atoms. The summed E-state index contributed by atoms with van der Waals surface area (Å²) in [6, 6.07) is 0. The van der Waals surface area contributed by atoms with Crippen molar-refractivity contribution in [2.45, 2.75) is 5.91 Å². The highest BCUT2D eigenvalue weighted by atomic mass is 16.8. The smallest absolute Gasteiger partial charge is 0.399 e. The Labute approximate surface area is 73.1 Å². The van der Waals surface area contributed by atoms with Crippen molar-refractivity contribution in [1.29, 1.82) is 0 Å². The zero-order valence-corrected chi connectivity index (χ0v) is 6.66. The molecule has 0 radical (unpaired) electrons. The number of carbonyl (C=O) groups is 2. The molecule has 0 amide bonds. The second kappa shape index (κ2) is 1.85. The van der Waals surface area contributed by atoms with Crippen LogP contribution in [0.3, 0.4) is 0 Å². The van der Waals surface area contributed by atoms with Gasteiger partial charge in [0.05, 0.1) is 13.2 Å². The molecule has 6 nitrogen and oxygen atoms in total. The maximum absolute atomic E-state index is 10.8. The van der Waals surface area contributed by atoms with Crippen LogP contribution < -0.4 is 5.32 Å². The van der Waals surface area contributed by atoms with Crippen molar-refractivity contribution < 1.29 is 23.8 Å². The first-order chi connectivity index (χ1) is 6.18. The fraction of sp³-hybridized carbons (Fsp3) is 0.714. The van der Waals surface area contributed by atoms with Crippen LogP contribution in [0.5, 0.6) is 0 Å². The lowest BCUT2D eigenvalue weighted by Gasteiger charge is -2.57. The molecule has 13 heavy (non-hydrogen) atoms. The van der Waals surface area contributed by atoms with Gasteiger partial charge in [-0.15, -0.1) is 0 Å². The summed E-state index contributed by atoms with van der Waals surface area (Å²) in [5.41, 5.74) is -0.338. The lowest BCUT2D eigenvalue weighted by Crippen LogP contribution is -2.80. The molecule has 0 aromatic heterocycles. The third kappa shape index (κ3) is 0.627. The lowest BCUT2D eigenvalue weighted by molar-refractivity contribution is -0.359. The third-order valence-electron chi connectivity index (χ3n) is 2.75. The largest absolute Gasteiger partial charge is 0.421 e. The van der Waals surface area contributed by atoms with Crippen LogP contribution in [-0.4, -0.2) is 37.6 Å². The highest BCUT2D eigenvalue weighted by Crippen LogP contribution is 2.48. The number of hydrogen-bond donors (Lipinski definition) is 1. The summed E-state index contributed by atoms with van der Waals surface area (Å²) in [5, 5.41) is 2.81. The van der Waals surface area contributed by atoms with Gasteiger partial charge in [-0.05, 0) is 0 Å². The molecule has 3 rings (SSSR count). The van der Waals surface area contributed by atoms with Crippen molar-refractivity contribution in [1.82, 2.24) is 5.32 Å². The van der Waals surface area contributed by atoms with E-state index in [2.05, 4.69) is 5.32 Å². The van der Waals surface area contributed by atoms with Crippen molar-refractivity contribution in [3.05, 3.63) is 0 Å². The minimum Gasteiger partial charge on any atom is -0.399 e. The minimum absolute atomic E-state index is 0.338. The molecular formula is C7H7NO5. The number of ether oxygens (including phenoxy) is 3. The molecule has 1 N–H and O–H groups in total. The maximum Gasteiger partial charge on any atom is 0.421 e. The van der Waals surface area contributed by atoms with E-state index in [1.807, 2.05) is 0 Å². The van der Waals surface area contributed by atoms with Gasteiger partial charge < -0.3 is 14.2 Å².